The summed E-state index contributed by atoms with van der Waals surface area (Å²) in [6, 6.07) is 11.6. The van der Waals surface area contributed by atoms with Crippen LogP contribution in [0, 0.1) is 5.82 Å². The largest absolute Gasteiger partial charge is 0.454 e. The maximum Gasteiger partial charge on any atom is 0.231 e. The molecule has 0 amide bonds. The number of aliphatic hydroxyl groups is 1. The number of rotatable bonds is 3. The maximum absolute atomic E-state index is 13.1. The fourth-order valence-corrected chi connectivity index (χ4v) is 2.13. The minimum absolute atomic E-state index is 0.207. The van der Waals surface area contributed by atoms with E-state index < -0.39 is 6.10 Å². The predicted octanol–water partition coefficient (Wildman–Crippen LogP) is 2.83. The number of benzene rings is 2. The highest BCUT2D eigenvalue weighted by molar-refractivity contribution is 5.45. The second-order valence-electron chi connectivity index (χ2n) is 4.46. The minimum Gasteiger partial charge on any atom is -0.454 e. The van der Waals surface area contributed by atoms with Crippen LogP contribution in [0.2, 0.25) is 0 Å². The maximum atomic E-state index is 13.1. The van der Waals surface area contributed by atoms with E-state index in [1.54, 1.807) is 30.3 Å². The van der Waals surface area contributed by atoms with E-state index in [1.165, 1.54) is 12.1 Å². The van der Waals surface area contributed by atoms with Gasteiger partial charge in [-0.1, -0.05) is 18.2 Å². The summed E-state index contributed by atoms with van der Waals surface area (Å²) in [4.78, 5) is 0. The molecule has 19 heavy (non-hydrogen) atoms. The Morgan fingerprint density at radius 2 is 1.95 bits per heavy atom. The van der Waals surface area contributed by atoms with Gasteiger partial charge in [-0.15, -0.1) is 0 Å². The smallest absolute Gasteiger partial charge is 0.231 e. The van der Waals surface area contributed by atoms with Gasteiger partial charge in [0.1, 0.15) is 5.82 Å². The van der Waals surface area contributed by atoms with Crippen LogP contribution in [0.1, 0.15) is 17.2 Å². The van der Waals surface area contributed by atoms with E-state index in [-0.39, 0.29) is 12.6 Å². The number of hydrogen-bond acceptors (Lipinski definition) is 3. The van der Waals surface area contributed by atoms with Gasteiger partial charge in [-0.3, -0.25) is 0 Å². The monoisotopic (exact) mass is 260 g/mol. The third kappa shape index (κ3) is 2.53. The lowest BCUT2D eigenvalue weighted by Gasteiger charge is -2.11. The van der Waals surface area contributed by atoms with Gasteiger partial charge in [0, 0.05) is 6.42 Å². The lowest BCUT2D eigenvalue weighted by atomic mass is 10.0. The molecule has 0 saturated carbocycles. The van der Waals surface area contributed by atoms with Gasteiger partial charge in [-0.25, -0.2) is 4.39 Å². The molecule has 0 aliphatic carbocycles. The van der Waals surface area contributed by atoms with E-state index in [0.29, 0.717) is 17.9 Å². The van der Waals surface area contributed by atoms with E-state index >= 15 is 0 Å². The van der Waals surface area contributed by atoms with Crippen molar-refractivity contribution in [2.75, 3.05) is 6.79 Å². The van der Waals surface area contributed by atoms with Gasteiger partial charge >= 0.3 is 0 Å². The molecular formula is C15H13FO3. The Morgan fingerprint density at radius 1 is 1.11 bits per heavy atom. The van der Waals surface area contributed by atoms with E-state index in [4.69, 9.17) is 9.47 Å². The Hall–Kier alpha value is -2.07. The van der Waals surface area contributed by atoms with Gasteiger partial charge in [0.25, 0.3) is 0 Å². The molecule has 4 heteroatoms. The normalized spacial score (nSPS) is 14.4. The summed E-state index contributed by atoms with van der Waals surface area (Å²) in [6.07, 6.45) is -0.339. The first-order valence-corrected chi connectivity index (χ1v) is 6.04. The molecule has 0 bridgehead atoms. The topological polar surface area (TPSA) is 38.7 Å². The van der Waals surface area contributed by atoms with Crippen molar-refractivity contribution in [1.29, 1.82) is 0 Å². The molecule has 2 aromatic rings. The predicted molar refractivity (Wildman–Crippen MR) is 67.6 cm³/mol. The summed E-state index contributed by atoms with van der Waals surface area (Å²) in [5, 5.41) is 10.2. The van der Waals surface area contributed by atoms with E-state index in [1.807, 2.05) is 0 Å². The van der Waals surface area contributed by atoms with Gasteiger partial charge in [0.2, 0.25) is 6.79 Å². The van der Waals surface area contributed by atoms with Crippen LogP contribution in [0.3, 0.4) is 0 Å². The summed E-state index contributed by atoms with van der Waals surface area (Å²) in [7, 11) is 0. The van der Waals surface area contributed by atoms with Crippen molar-refractivity contribution >= 4 is 0 Å². The number of aliphatic hydroxyl groups excluding tert-OH is 1. The van der Waals surface area contributed by atoms with Crippen LogP contribution in [0.15, 0.2) is 42.5 Å². The summed E-state index contributed by atoms with van der Waals surface area (Å²) in [6.45, 7) is 0.207. The quantitative estimate of drug-likeness (QED) is 0.922. The van der Waals surface area contributed by atoms with Crippen molar-refractivity contribution in [3.63, 3.8) is 0 Å². The third-order valence-electron chi connectivity index (χ3n) is 3.10. The molecule has 1 aliphatic rings. The second kappa shape index (κ2) is 4.90. The average Bonchev–Trinajstić information content (AvgIpc) is 2.85. The Morgan fingerprint density at radius 3 is 2.79 bits per heavy atom. The summed E-state index contributed by atoms with van der Waals surface area (Å²) < 4.78 is 23.6. The number of ether oxygens (including phenoxy) is 2. The van der Waals surface area contributed by atoms with Gasteiger partial charge in [-0.2, -0.15) is 0 Å². The molecule has 0 aromatic heterocycles. The molecule has 0 radical (unpaired) electrons. The number of fused-ring (bicyclic) bond motifs is 1. The first-order chi connectivity index (χ1) is 9.22. The van der Waals surface area contributed by atoms with Crippen molar-refractivity contribution in [3.05, 3.63) is 59.4 Å². The molecule has 3 rings (SSSR count). The Bertz CT molecular complexity index is 598. The van der Waals surface area contributed by atoms with Crippen molar-refractivity contribution < 1.29 is 19.0 Å². The SMILES string of the molecule is OC(Cc1cccc(F)c1)c1ccc2c(c1)OCO2. The molecule has 1 heterocycles. The number of hydrogen-bond donors (Lipinski definition) is 1. The van der Waals surface area contributed by atoms with Crippen molar-refractivity contribution in [2.24, 2.45) is 0 Å². The van der Waals surface area contributed by atoms with Crippen molar-refractivity contribution in [2.45, 2.75) is 12.5 Å². The van der Waals surface area contributed by atoms with E-state index in [2.05, 4.69) is 0 Å². The zero-order chi connectivity index (χ0) is 13.2. The van der Waals surface area contributed by atoms with Crippen molar-refractivity contribution in [1.82, 2.24) is 0 Å². The third-order valence-corrected chi connectivity index (χ3v) is 3.10. The average molecular weight is 260 g/mol. The molecule has 0 saturated heterocycles. The standard InChI is InChI=1S/C15H13FO3/c16-12-3-1-2-10(6-12)7-13(17)11-4-5-14-15(8-11)19-9-18-14/h1-6,8,13,17H,7,9H2. The Balaban J connectivity index is 1.78. The van der Waals surface area contributed by atoms with Gasteiger partial charge in [0.05, 0.1) is 6.10 Å². The lowest BCUT2D eigenvalue weighted by Crippen LogP contribution is -2.02. The Kier molecular flexibility index (Phi) is 3.09. The molecule has 98 valence electrons. The van der Waals surface area contributed by atoms with E-state index in [9.17, 15) is 9.50 Å². The highest BCUT2D eigenvalue weighted by Crippen LogP contribution is 2.34. The van der Waals surface area contributed by atoms with Crippen LogP contribution in [0.25, 0.3) is 0 Å². The van der Waals surface area contributed by atoms with Gasteiger partial charge < -0.3 is 14.6 Å². The lowest BCUT2D eigenvalue weighted by molar-refractivity contribution is 0.171. The molecule has 2 aromatic carbocycles. The Labute approximate surface area is 110 Å². The van der Waals surface area contributed by atoms with Crippen LogP contribution in [0.5, 0.6) is 11.5 Å². The fraction of sp³-hybridized carbons (Fsp3) is 0.200. The molecule has 1 atom stereocenters. The number of halogens is 1. The zero-order valence-electron chi connectivity index (χ0n) is 10.2. The first-order valence-electron chi connectivity index (χ1n) is 6.04. The zero-order valence-corrected chi connectivity index (χ0v) is 10.2. The van der Waals surface area contributed by atoms with Crippen LogP contribution >= 0.6 is 0 Å². The molecule has 1 N–H and O–H groups in total. The van der Waals surface area contributed by atoms with Crippen LogP contribution in [-0.2, 0) is 6.42 Å². The summed E-state index contributed by atoms with van der Waals surface area (Å²) in [5.74, 6) is 1.02. The van der Waals surface area contributed by atoms with Crippen LogP contribution in [0.4, 0.5) is 4.39 Å². The van der Waals surface area contributed by atoms with Gasteiger partial charge in [-0.05, 0) is 35.4 Å². The highest BCUT2D eigenvalue weighted by atomic mass is 19.1. The molecule has 1 unspecified atom stereocenters. The summed E-state index contributed by atoms with van der Waals surface area (Å²) >= 11 is 0. The fourth-order valence-electron chi connectivity index (χ4n) is 2.13. The first kappa shape index (κ1) is 12.0. The molecule has 3 nitrogen and oxygen atoms in total. The van der Waals surface area contributed by atoms with Crippen LogP contribution in [-0.4, -0.2) is 11.9 Å². The molecule has 0 fully saturated rings. The van der Waals surface area contributed by atoms with Gasteiger partial charge in [0.15, 0.2) is 11.5 Å². The van der Waals surface area contributed by atoms with Crippen LogP contribution < -0.4 is 9.47 Å². The highest BCUT2D eigenvalue weighted by Gasteiger charge is 2.16. The van der Waals surface area contributed by atoms with E-state index in [0.717, 1.165) is 11.1 Å². The second-order valence-corrected chi connectivity index (χ2v) is 4.46. The van der Waals surface area contributed by atoms with Crippen molar-refractivity contribution in [3.8, 4) is 11.5 Å². The minimum atomic E-state index is -0.698. The molecule has 1 aliphatic heterocycles. The molecule has 0 spiro atoms. The summed E-state index contributed by atoms with van der Waals surface area (Å²) in [5.41, 5.74) is 1.48. The molecular weight excluding hydrogens is 247 g/mol.